The van der Waals surface area contributed by atoms with Gasteiger partial charge in [0.1, 0.15) is 12.0 Å². The van der Waals surface area contributed by atoms with Crippen LogP contribution in [0.5, 0.6) is 0 Å². The Balaban J connectivity index is 1.94. The van der Waals surface area contributed by atoms with Crippen LogP contribution in [0.15, 0.2) is 12.3 Å². The van der Waals surface area contributed by atoms with Gasteiger partial charge in [-0.15, -0.1) is 0 Å². The van der Waals surface area contributed by atoms with E-state index >= 15 is 0 Å². The third-order valence-corrected chi connectivity index (χ3v) is 3.14. The molecule has 8 heteroatoms. The minimum absolute atomic E-state index is 0.0199. The van der Waals surface area contributed by atoms with Gasteiger partial charge in [-0.2, -0.15) is 0 Å². The quantitative estimate of drug-likeness (QED) is 0.610. The highest BCUT2D eigenvalue weighted by Gasteiger charge is 2.18. The molecule has 1 atom stereocenters. The van der Waals surface area contributed by atoms with Crippen LogP contribution in [-0.4, -0.2) is 35.1 Å². The van der Waals surface area contributed by atoms with Gasteiger partial charge in [0.05, 0.1) is 16.6 Å². The van der Waals surface area contributed by atoms with Crippen LogP contribution in [0.3, 0.4) is 0 Å². The van der Waals surface area contributed by atoms with E-state index in [4.69, 9.17) is 10.5 Å². The molecule has 8 nitrogen and oxygen atoms in total. The molecule has 1 aromatic heterocycles. The number of anilines is 1. The molecule has 0 spiro atoms. The number of hydrogen-bond acceptors (Lipinski definition) is 6. The molecular formula is C12H16N4O4. The molecule has 2 rings (SSSR count). The molecule has 1 fully saturated rings. The molecule has 0 bridgehead atoms. The summed E-state index contributed by atoms with van der Waals surface area (Å²) in [7, 11) is 0. The van der Waals surface area contributed by atoms with Gasteiger partial charge in [-0.25, -0.2) is 4.98 Å². The molecule has 108 valence electrons. The van der Waals surface area contributed by atoms with E-state index in [1.54, 1.807) is 0 Å². The summed E-state index contributed by atoms with van der Waals surface area (Å²) in [5, 5.41) is 13.3. The second-order valence-corrected chi connectivity index (χ2v) is 4.56. The van der Waals surface area contributed by atoms with E-state index in [0.717, 1.165) is 31.7 Å². The summed E-state index contributed by atoms with van der Waals surface area (Å²) in [6, 6.07) is 1.13. The molecule has 0 aliphatic carbocycles. The Morgan fingerprint density at radius 2 is 2.45 bits per heavy atom. The van der Waals surface area contributed by atoms with E-state index in [-0.39, 0.29) is 23.2 Å². The van der Waals surface area contributed by atoms with Crippen molar-refractivity contribution in [3.8, 4) is 0 Å². The fourth-order valence-electron chi connectivity index (χ4n) is 2.06. The standard InChI is InChI=1S/C12H16N4O4/c13-11-10(6-8(7-15-11)16(18)19)12(17)14-4-3-9-2-1-5-20-9/h6-7,9H,1-5H2,(H2,13,15)(H,14,17). The number of amides is 1. The Bertz CT molecular complexity index is 514. The number of nitrogens with one attached hydrogen (secondary N) is 1. The molecule has 1 aliphatic rings. The maximum absolute atomic E-state index is 11.9. The van der Waals surface area contributed by atoms with Gasteiger partial charge in [0.25, 0.3) is 11.6 Å². The molecule has 1 aromatic rings. The van der Waals surface area contributed by atoms with E-state index in [1.165, 1.54) is 0 Å². The number of hydrogen-bond donors (Lipinski definition) is 2. The van der Waals surface area contributed by atoms with Gasteiger partial charge >= 0.3 is 0 Å². The van der Waals surface area contributed by atoms with Crippen molar-refractivity contribution in [3.63, 3.8) is 0 Å². The van der Waals surface area contributed by atoms with Gasteiger partial charge < -0.3 is 15.8 Å². The van der Waals surface area contributed by atoms with E-state index in [0.29, 0.717) is 13.0 Å². The number of rotatable bonds is 5. The van der Waals surface area contributed by atoms with Crippen molar-refractivity contribution in [2.75, 3.05) is 18.9 Å². The van der Waals surface area contributed by atoms with Crippen LogP contribution in [0.2, 0.25) is 0 Å². The Labute approximate surface area is 115 Å². The smallest absolute Gasteiger partial charge is 0.288 e. The van der Waals surface area contributed by atoms with Crippen molar-refractivity contribution in [3.05, 3.63) is 27.9 Å². The summed E-state index contributed by atoms with van der Waals surface area (Å²) in [6.07, 6.45) is 3.96. The van der Waals surface area contributed by atoms with E-state index < -0.39 is 10.8 Å². The van der Waals surface area contributed by atoms with Crippen LogP contribution in [-0.2, 0) is 4.74 Å². The van der Waals surface area contributed by atoms with Crippen LogP contribution in [0.1, 0.15) is 29.6 Å². The number of nitrogens with two attached hydrogens (primary N) is 1. The van der Waals surface area contributed by atoms with Gasteiger partial charge in [0, 0.05) is 19.2 Å². The van der Waals surface area contributed by atoms with Crippen molar-refractivity contribution in [2.24, 2.45) is 0 Å². The van der Waals surface area contributed by atoms with E-state index in [1.807, 2.05) is 0 Å². The van der Waals surface area contributed by atoms with Crippen LogP contribution < -0.4 is 11.1 Å². The number of nitrogens with zero attached hydrogens (tertiary/aromatic N) is 2. The second-order valence-electron chi connectivity index (χ2n) is 4.56. The van der Waals surface area contributed by atoms with Crippen LogP contribution in [0, 0.1) is 10.1 Å². The van der Waals surface area contributed by atoms with Gasteiger partial charge in [-0.3, -0.25) is 14.9 Å². The van der Waals surface area contributed by atoms with E-state index in [2.05, 4.69) is 10.3 Å². The summed E-state index contributed by atoms with van der Waals surface area (Å²) in [5.74, 6) is -0.484. The van der Waals surface area contributed by atoms with E-state index in [9.17, 15) is 14.9 Å². The molecule has 1 amide bonds. The third-order valence-electron chi connectivity index (χ3n) is 3.14. The van der Waals surface area contributed by atoms with Gasteiger partial charge in [0.2, 0.25) is 0 Å². The molecule has 0 saturated carbocycles. The minimum Gasteiger partial charge on any atom is -0.383 e. The summed E-state index contributed by atoms with van der Waals surface area (Å²) in [4.78, 5) is 25.6. The zero-order valence-electron chi connectivity index (χ0n) is 10.9. The molecular weight excluding hydrogens is 264 g/mol. The Morgan fingerprint density at radius 1 is 1.65 bits per heavy atom. The molecule has 3 N–H and O–H groups in total. The first-order chi connectivity index (χ1) is 9.58. The number of ether oxygens (including phenoxy) is 1. The Morgan fingerprint density at radius 3 is 3.10 bits per heavy atom. The third kappa shape index (κ3) is 3.41. The second kappa shape index (κ2) is 6.29. The number of nitrogen functional groups attached to an aromatic ring is 1. The SMILES string of the molecule is Nc1ncc([N+](=O)[O-])cc1C(=O)NCCC1CCCO1. The lowest BCUT2D eigenvalue weighted by Crippen LogP contribution is -2.28. The zero-order valence-corrected chi connectivity index (χ0v) is 10.9. The number of carbonyl (C=O) groups is 1. The van der Waals surface area contributed by atoms with Crippen LogP contribution >= 0.6 is 0 Å². The first kappa shape index (κ1) is 14.2. The average Bonchev–Trinajstić information content (AvgIpc) is 2.92. The predicted molar refractivity (Wildman–Crippen MR) is 71.2 cm³/mol. The molecule has 1 unspecified atom stereocenters. The number of aromatic nitrogens is 1. The topological polar surface area (TPSA) is 120 Å². The molecule has 20 heavy (non-hydrogen) atoms. The zero-order chi connectivity index (χ0) is 14.5. The fraction of sp³-hybridized carbons (Fsp3) is 0.500. The van der Waals surface area contributed by atoms with Gasteiger partial charge in [-0.1, -0.05) is 0 Å². The normalized spacial score (nSPS) is 17.9. The molecule has 0 radical (unpaired) electrons. The molecule has 1 aliphatic heterocycles. The lowest BCUT2D eigenvalue weighted by Gasteiger charge is -2.10. The summed E-state index contributed by atoms with van der Waals surface area (Å²) in [6.45, 7) is 1.20. The minimum atomic E-state index is -0.615. The van der Waals surface area contributed by atoms with Gasteiger partial charge in [-0.05, 0) is 19.3 Å². The molecule has 2 heterocycles. The monoisotopic (exact) mass is 280 g/mol. The largest absolute Gasteiger partial charge is 0.383 e. The van der Waals surface area contributed by atoms with Crippen molar-refractivity contribution in [1.82, 2.24) is 10.3 Å². The molecule has 1 saturated heterocycles. The van der Waals surface area contributed by atoms with Crippen molar-refractivity contribution in [1.29, 1.82) is 0 Å². The van der Waals surface area contributed by atoms with Crippen molar-refractivity contribution < 1.29 is 14.5 Å². The molecule has 0 aromatic carbocycles. The lowest BCUT2D eigenvalue weighted by atomic mass is 10.2. The first-order valence-corrected chi connectivity index (χ1v) is 6.37. The highest BCUT2D eigenvalue weighted by atomic mass is 16.6. The highest BCUT2D eigenvalue weighted by Crippen LogP contribution is 2.17. The summed E-state index contributed by atoms with van der Waals surface area (Å²) in [5.41, 5.74) is 5.32. The van der Waals surface area contributed by atoms with Crippen LogP contribution in [0.25, 0.3) is 0 Å². The maximum atomic E-state index is 11.9. The number of nitro groups is 1. The summed E-state index contributed by atoms with van der Waals surface area (Å²) < 4.78 is 5.44. The van der Waals surface area contributed by atoms with Crippen molar-refractivity contribution >= 4 is 17.4 Å². The number of carbonyl (C=O) groups excluding carboxylic acids is 1. The maximum Gasteiger partial charge on any atom is 0.288 e. The lowest BCUT2D eigenvalue weighted by molar-refractivity contribution is -0.385. The Kier molecular flexibility index (Phi) is 4.46. The van der Waals surface area contributed by atoms with Crippen molar-refractivity contribution in [2.45, 2.75) is 25.4 Å². The highest BCUT2D eigenvalue weighted by molar-refractivity contribution is 5.98. The number of pyridine rings is 1. The fourth-order valence-corrected chi connectivity index (χ4v) is 2.06. The predicted octanol–water partition coefficient (Wildman–Crippen LogP) is 0.871. The summed E-state index contributed by atoms with van der Waals surface area (Å²) >= 11 is 0. The average molecular weight is 280 g/mol. The Hall–Kier alpha value is -2.22. The van der Waals surface area contributed by atoms with Gasteiger partial charge in [0.15, 0.2) is 0 Å². The first-order valence-electron chi connectivity index (χ1n) is 6.37. The van der Waals surface area contributed by atoms with Crippen LogP contribution in [0.4, 0.5) is 11.5 Å².